The Morgan fingerprint density at radius 2 is 2.14 bits per heavy atom. The van der Waals surface area contributed by atoms with E-state index >= 15 is 0 Å². The average Bonchev–Trinajstić information content (AvgIpc) is 2.89. The fraction of sp³-hybridized carbons (Fsp3) is 0.235. The number of rotatable bonds is 4. The molecule has 0 aliphatic carbocycles. The molecule has 0 bridgehead atoms. The van der Waals surface area contributed by atoms with Crippen molar-refractivity contribution in [2.24, 2.45) is 0 Å². The van der Waals surface area contributed by atoms with Crippen molar-refractivity contribution in [3.8, 4) is 11.5 Å². The molecule has 1 atom stereocenters. The molecule has 0 N–H and O–H groups in total. The molecule has 4 heteroatoms. The van der Waals surface area contributed by atoms with E-state index in [1.807, 2.05) is 24.3 Å². The normalized spacial score (nSPS) is 16.2. The zero-order chi connectivity index (χ0) is 14.8. The van der Waals surface area contributed by atoms with Crippen LogP contribution in [0.3, 0.4) is 0 Å². The van der Waals surface area contributed by atoms with Crippen molar-refractivity contribution in [2.75, 3.05) is 13.2 Å². The van der Waals surface area contributed by atoms with Crippen molar-refractivity contribution in [3.63, 3.8) is 0 Å². The summed E-state index contributed by atoms with van der Waals surface area (Å²) in [7, 11) is 0. The van der Waals surface area contributed by atoms with Gasteiger partial charge in [0.25, 0.3) is 0 Å². The third-order valence-corrected chi connectivity index (χ3v) is 3.79. The summed E-state index contributed by atoms with van der Waals surface area (Å²) in [5, 5.41) is 0.530. The fourth-order valence-corrected chi connectivity index (χ4v) is 2.63. The SMILES string of the molecule is CC(=O)c1cc(Cl)ccc1OCC1COc2ccccc21. The summed E-state index contributed by atoms with van der Waals surface area (Å²) in [4.78, 5) is 11.6. The van der Waals surface area contributed by atoms with Gasteiger partial charge in [-0.2, -0.15) is 0 Å². The van der Waals surface area contributed by atoms with Crippen molar-refractivity contribution in [3.05, 3.63) is 58.6 Å². The van der Waals surface area contributed by atoms with Crippen LogP contribution in [-0.2, 0) is 0 Å². The maximum absolute atomic E-state index is 11.6. The predicted octanol–water partition coefficient (Wildman–Crippen LogP) is 4.10. The summed E-state index contributed by atoms with van der Waals surface area (Å²) in [6.07, 6.45) is 0. The van der Waals surface area contributed by atoms with Gasteiger partial charge in [0.05, 0.1) is 24.7 Å². The highest BCUT2D eigenvalue weighted by Gasteiger charge is 2.24. The molecule has 21 heavy (non-hydrogen) atoms. The van der Waals surface area contributed by atoms with Gasteiger partial charge in [0.2, 0.25) is 0 Å². The van der Waals surface area contributed by atoms with Gasteiger partial charge < -0.3 is 9.47 Å². The molecule has 3 nitrogen and oxygen atoms in total. The molecule has 0 saturated carbocycles. The van der Waals surface area contributed by atoms with E-state index in [-0.39, 0.29) is 11.7 Å². The van der Waals surface area contributed by atoms with Crippen molar-refractivity contribution in [1.29, 1.82) is 0 Å². The van der Waals surface area contributed by atoms with Gasteiger partial charge in [-0.1, -0.05) is 29.8 Å². The topological polar surface area (TPSA) is 35.5 Å². The minimum atomic E-state index is -0.0597. The lowest BCUT2D eigenvalue weighted by Crippen LogP contribution is -2.13. The first kappa shape index (κ1) is 14.0. The second-order valence-electron chi connectivity index (χ2n) is 5.05. The van der Waals surface area contributed by atoms with Crippen molar-refractivity contribution in [2.45, 2.75) is 12.8 Å². The molecular weight excluding hydrogens is 288 g/mol. The lowest BCUT2D eigenvalue weighted by molar-refractivity contribution is 0.101. The summed E-state index contributed by atoms with van der Waals surface area (Å²) in [5.74, 6) is 1.59. The van der Waals surface area contributed by atoms with Gasteiger partial charge in [0.1, 0.15) is 11.5 Å². The van der Waals surface area contributed by atoms with E-state index in [1.54, 1.807) is 18.2 Å². The number of halogens is 1. The summed E-state index contributed by atoms with van der Waals surface area (Å²) >= 11 is 5.93. The van der Waals surface area contributed by atoms with Crippen LogP contribution in [-0.4, -0.2) is 19.0 Å². The summed E-state index contributed by atoms with van der Waals surface area (Å²) in [6.45, 7) is 2.58. The van der Waals surface area contributed by atoms with Crippen LogP contribution in [0.25, 0.3) is 0 Å². The van der Waals surface area contributed by atoms with Gasteiger partial charge in [-0.25, -0.2) is 0 Å². The Kier molecular flexibility index (Phi) is 3.84. The Bertz CT molecular complexity index is 681. The van der Waals surface area contributed by atoms with Crippen LogP contribution in [0.2, 0.25) is 5.02 Å². The predicted molar refractivity (Wildman–Crippen MR) is 81.6 cm³/mol. The molecule has 1 aliphatic rings. The Labute approximate surface area is 128 Å². The van der Waals surface area contributed by atoms with E-state index < -0.39 is 0 Å². The first-order chi connectivity index (χ1) is 10.1. The molecule has 0 amide bonds. The number of carbonyl (C=O) groups is 1. The first-order valence-electron chi connectivity index (χ1n) is 6.80. The van der Waals surface area contributed by atoms with Gasteiger partial charge >= 0.3 is 0 Å². The number of ketones is 1. The van der Waals surface area contributed by atoms with E-state index in [0.717, 1.165) is 11.3 Å². The fourth-order valence-electron chi connectivity index (χ4n) is 2.46. The molecule has 0 fully saturated rings. The standard InChI is InChI=1S/C17H15ClO3/c1-11(19)15-8-13(18)6-7-17(15)21-10-12-9-20-16-5-3-2-4-14(12)16/h2-8,12H,9-10H2,1H3. The third-order valence-electron chi connectivity index (χ3n) is 3.56. The Hall–Kier alpha value is -2.00. The molecule has 1 unspecified atom stereocenters. The molecule has 1 heterocycles. The summed E-state index contributed by atoms with van der Waals surface area (Å²) < 4.78 is 11.5. The Morgan fingerprint density at radius 3 is 2.95 bits per heavy atom. The maximum Gasteiger partial charge on any atom is 0.163 e. The van der Waals surface area contributed by atoms with Crippen LogP contribution in [0, 0.1) is 0 Å². The van der Waals surface area contributed by atoms with Crippen LogP contribution in [0.4, 0.5) is 0 Å². The highest BCUT2D eigenvalue weighted by molar-refractivity contribution is 6.31. The van der Waals surface area contributed by atoms with Crippen LogP contribution in [0.5, 0.6) is 11.5 Å². The lowest BCUT2D eigenvalue weighted by Gasteiger charge is -2.13. The Balaban J connectivity index is 1.76. The minimum Gasteiger partial charge on any atom is -0.493 e. The number of ether oxygens (including phenoxy) is 2. The molecule has 1 aliphatic heterocycles. The van der Waals surface area contributed by atoms with Crippen molar-refractivity contribution >= 4 is 17.4 Å². The lowest BCUT2D eigenvalue weighted by atomic mass is 10.0. The maximum atomic E-state index is 11.6. The van der Waals surface area contributed by atoms with Crippen LogP contribution in [0.15, 0.2) is 42.5 Å². The van der Waals surface area contributed by atoms with Gasteiger partial charge in [-0.15, -0.1) is 0 Å². The molecular formula is C17H15ClO3. The Morgan fingerprint density at radius 1 is 1.33 bits per heavy atom. The summed E-state index contributed by atoms with van der Waals surface area (Å²) in [5.41, 5.74) is 1.66. The number of carbonyl (C=O) groups excluding carboxylic acids is 1. The third kappa shape index (κ3) is 2.88. The molecule has 108 valence electrons. The van der Waals surface area contributed by atoms with Gasteiger partial charge in [0.15, 0.2) is 5.78 Å². The van der Waals surface area contributed by atoms with Crippen molar-refractivity contribution < 1.29 is 14.3 Å². The highest BCUT2D eigenvalue weighted by Crippen LogP contribution is 2.34. The van der Waals surface area contributed by atoms with Crippen molar-refractivity contribution in [1.82, 2.24) is 0 Å². The van der Waals surface area contributed by atoms with E-state index in [1.165, 1.54) is 6.92 Å². The van der Waals surface area contributed by atoms with Crippen LogP contribution < -0.4 is 9.47 Å². The number of Topliss-reactive ketones (excluding diaryl/α,β-unsaturated/α-hetero) is 1. The number of para-hydroxylation sites is 1. The number of benzene rings is 2. The molecule has 0 spiro atoms. The molecule has 3 rings (SSSR count). The zero-order valence-corrected chi connectivity index (χ0v) is 12.4. The van der Waals surface area contributed by atoms with Crippen LogP contribution in [0.1, 0.15) is 28.8 Å². The molecule has 2 aromatic rings. The largest absolute Gasteiger partial charge is 0.493 e. The van der Waals surface area contributed by atoms with Gasteiger partial charge in [-0.05, 0) is 31.2 Å². The quantitative estimate of drug-likeness (QED) is 0.798. The minimum absolute atomic E-state index is 0.0597. The van der Waals surface area contributed by atoms with E-state index in [0.29, 0.717) is 29.5 Å². The summed E-state index contributed by atoms with van der Waals surface area (Å²) in [6, 6.07) is 13.0. The first-order valence-corrected chi connectivity index (χ1v) is 7.18. The second kappa shape index (κ2) is 5.78. The smallest absolute Gasteiger partial charge is 0.163 e. The van der Waals surface area contributed by atoms with E-state index in [9.17, 15) is 4.79 Å². The molecule has 2 aromatic carbocycles. The average molecular weight is 303 g/mol. The molecule has 0 saturated heterocycles. The van der Waals surface area contributed by atoms with Gasteiger partial charge in [0, 0.05) is 10.6 Å². The van der Waals surface area contributed by atoms with E-state index in [2.05, 4.69) is 0 Å². The monoisotopic (exact) mass is 302 g/mol. The number of hydrogen-bond acceptors (Lipinski definition) is 3. The van der Waals surface area contributed by atoms with E-state index in [4.69, 9.17) is 21.1 Å². The number of hydrogen-bond donors (Lipinski definition) is 0. The van der Waals surface area contributed by atoms with Gasteiger partial charge in [-0.3, -0.25) is 4.79 Å². The highest BCUT2D eigenvalue weighted by atomic mass is 35.5. The second-order valence-corrected chi connectivity index (χ2v) is 5.49. The molecule has 0 radical (unpaired) electrons. The zero-order valence-electron chi connectivity index (χ0n) is 11.6. The van der Waals surface area contributed by atoms with Crippen LogP contribution >= 0.6 is 11.6 Å². The number of fused-ring (bicyclic) bond motifs is 1. The molecule has 0 aromatic heterocycles.